The van der Waals surface area contributed by atoms with Crippen LogP contribution >= 0.6 is 0 Å². The lowest BCUT2D eigenvalue weighted by atomic mass is 9.49. The van der Waals surface area contributed by atoms with Gasteiger partial charge < -0.3 is 14.2 Å². The number of esters is 3. The molecule has 8 heteroatoms. The normalized spacial score (nSPS) is 49.9. The highest BCUT2D eigenvalue weighted by molar-refractivity contribution is 5.86. The predicted molar refractivity (Wildman–Crippen MR) is 105 cm³/mol. The minimum absolute atomic E-state index is 0.285. The molecule has 1 heterocycles. The smallest absolute Gasteiger partial charge is 0.377 e. The zero-order chi connectivity index (χ0) is 22.6. The van der Waals surface area contributed by atoms with Crippen molar-refractivity contribution in [2.45, 2.75) is 82.5 Å². The van der Waals surface area contributed by atoms with Crippen molar-refractivity contribution < 1.29 is 37.4 Å². The van der Waals surface area contributed by atoms with Crippen LogP contribution < -0.4 is 0 Å². The number of carbonyl (C=O) groups excluding carboxylic acids is 3. The van der Waals surface area contributed by atoms with E-state index in [1.54, 1.807) is 0 Å². The number of hydrogen-bond donors (Lipinski definition) is 0. The Hall–Kier alpha value is -1.73. The van der Waals surface area contributed by atoms with E-state index in [0.717, 1.165) is 19.3 Å². The molecule has 7 aliphatic rings. The number of fused-ring (bicyclic) bond motifs is 1. The maximum Gasteiger partial charge on any atom is 0.377 e. The fourth-order valence-corrected chi connectivity index (χ4v) is 8.90. The van der Waals surface area contributed by atoms with E-state index in [9.17, 15) is 23.2 Å². The second-order valence-electron chi connectivity index (χ2n) is 11.4. The fraction of sp³-hybridized carbons (Fsp3) is 0.875. The van der Waals surface area contributed by atoms with Crippen LogP contribution in [0.3, 0.4) is 0 Å². The molecule has 0 radical (unpaired) electrons. The van der Waals surface area contributed by atoms with E-state index in [0.29, 0.717) is 37.0 Å². The number of rotatable bonds is 5. The summed E-state index contributed by atoms with van der Waals surface area (Å²) in [5.74, 6) is -6.35. The second kappa shape index (κ2) is 6.66. The molecular formula is C24H30F2O6. The van der Waals surface area contributed by atoms with E-state index < -0.39 is 59.4 Å². The van der Waals surface area contributed by atoms with E-state index in [-0.39, 0.29) is 5.92 Å². The van der Waals surface area contributed by atoms with Gasteiger partial charge in [0.05, 0.1) is 11.8 Å². The third-order valence-electron chi connectivity index (χ3n) is 9.62. The maximum absolute atomic E-state index is 13.6. The third kappa shape index (κ3) is 2.76. The minimum Gasteiger partial charge on any atom is -0.458 e. The minimum atomic E-state index is -3.65. The highest BCUT2D eigenvalue weighted by Gasteiger charge is 2.71. The molecule has 1 aliphatic heterocycles. The molecule has 0 N–H and O–H groups in total. The zero-order valence-electron chi connectivity index (χ0n) is 18.4. The van der Waals surface area contributed by atoms with Gasteiger partial charge in [0.15, 0.2) is 0 Å². The Bertz CT molecular complexity index is 853. The molecule has 6 bridgehead atoms. The van der Waals surface area contributed by atoms with Crippen molar-refractivity contribution in [3.05, 3.63) is 0 Å². The highest BCUT2D eigenvalue weighted by Crippen LogP contribution is 2.63. The lowest BCUT2D eigenvalue weighted by Crippen LogP contribution is -2.60. The average Bonchev–Trinajstić information content (AvgIpc) is 3.30. The van der Waals surface area contributed by atoms with Gasteiger partial charge in [-0.2, -0.15) is 8.78 Å². The quantitative estimate of drug-likeness (QED) is 0.469. The third-order valence-corrected chi connectivity index (χ3v) is 9.62. The standard InChI is InChI=1S/C24H30F2O6/c1-3-15-12-5-10-4-11(6-12)9-24(15,8-10)32-21(28)17-14-7-13-16(17)20(27)30-18(13)19(14)31-22(29)23(2,25)26/h10-19H,3-9H2,1-2H3. The van der Waals surface area contributed by atoms with Gasteiger partial charge in [0.1, 0.15) is 17.8 Å². The molecule has 32 heavy (non-hydrogen) atoms. The Morgan fingerprint density at radius 2 is 1.81 bits per heavy atom. The van der Waals surface area contributed by atoms with Crippen molar-refractivity contribution in [2.75, 3.05) is 0 Å². The summed E-state index contributed by atoms with van der Waals surface area (Å²) < 4.78 is 43.9. The monoisotopic (exact) mass is 452 g/mol. The van der Waals surface area contributed by atoms with E-state index in [1.165, 1.54) is 19.3 Å². The van der Waals surface area contributed by atoms with E-state index >= 15 is 0 Å². The van der Waals surface area contributed by atoms with Gasteiger partial charge in [0, 0.05) is 24.7 Å². The number of halogens is 2. The first-order valence-corrected chi connectivity index (χ1v) is 12.1. The number of alkyl halides is 2. The Morgan fingerprint density at radius 3 is 2.44 bits per heavy atom. The first-order chi connectivity index (χ1) is 15.1. The van der Waals surface area contributed by atoms with Crippen molar-refractivity contribution in [3.8, 4) is 0 Å². The van der Waals surface area contributed by atoms with Crippen molar-refractivity contribution >= 4 is 17.9 Å². The molecule has 0 aromatic carbocycles. The van der Waals surface area contributed by atoms with Crippen LogP contribution in [-0.2, 0) is 28.6 Å². The van der Waals surface area contributed by atoms with Crippen LogP contribution in [0.1, 0.15) is 58.8 Å². The predicted octanol–water partition coefficient (Wildman–Crippen LogP) is 3.51. The van der Waals surface area contributed by atoms with Gasteiger partial charge in [0.2, 0.25) is 0 Å². The molecule has 0 amide bonds. The Morgan fingerprint density at radius 1 is 1.12 bits per heavy atom. The molecule has 1 saturated heterocycles. The molecule has 7 fully saturated rings. The lowest BCUT2D eigenvalue weighted by Gasteiger charge is -2.60. The van der Waals surface area contributed by atoms with E-state index in [1.807, 2.05) is 0 Å². The van der Waals surface area contributed by atoms with Gasteiger partial charge >= 0.3 is 23.8 Å². The van der Waals surface area contributed by atoms with Gasteiger partial charge in [-0.05, 0) is 62.7 Å². The number of carbonyl (C=O) groups is 3. The summed E-state index contributed by atoms with van der Waals surface area (Å²) in [6.07, 6.45) is 5.03. The average molecular weight is 452 g/mol. The molecule has 6 saturated carbocycles. The summed E-state index contributed by atoms with van der Waals surface area (Å²) in [6.45, 7) is 2.63. The summed E-state index contributed by atoms with van der Waals surface area (Å²) >= 11 is 0. The van der Waals surface area contributed by atoms with Crippen LogP contribution in [0.4, 0.5) is 8.78 Å². The molecule has 6 nitrogen and oxygen atoms in total. The van der Waals surface area contributed by atoms with Gasteiger partial charge in [-0.1, -0.05) is 6.92 Å². The number of hydrogen-bond acceptors (Lipinski definition) is 6. The fourth-order valence-electron chi connectivity index (χ4n) is 8.90. The summed E-state index contributed by atoms with van der Waals surface area (Å²) in [4.78, 5) is 38.1. The second-order valence-corrected chi connectivity index (χ2v) is 11.4. The van der Waals surface area contributed by atoms with Gasteiger partial charge in [0.25, 0.3) is 0 Å². The molecule has 7 rings (SSSR count). The Balaban J connectivity index is 1.26. The van der Waals surface area contributed by atoms with E-state index in [4.69, 9.17) is 14.2 Å². The SMILES string of the molecule is CCC1C2CC3CC(C2)CC1(OC(=O)C1C2CC4C(OC(=O)C41)C2OC(=O)C(C)(F)F)C3. The van der Waals surface area contributed by atoms with Crippen molar-refractivity contribution in [1.29, 1.82) is 0 Å². The van der Waals surface area contributed by atoms with Gasteiger partial charge in [-0.3, -0.25) is 9.59 Å². The van der Waals surface area contributed by atoms with Crippen LogP contribution in [0.25, 0.3) is 0 Å². The molecular weight excluding hydrogens is 422 g/mol. The van der Waals surface area contributed by atoms with Gasteiger partial charge in [-0.25, -0.2) is 4.79 Å². The summed E-state index contributed by atoms with van der Waals surface area (Å²) in [7, 11) is 0. The van der Waals surface area contributed by atoms with Crippen LogP contribution in [-0.4, -0.2) is 41.6 Å². The first-order valence-electron chi connectivity index (χ1n) is 12.1. The van der Waals surface area contributed by atoms with Crippen LogP contribution in [0.15, 0.2) is 0 Å². The molecule has 0 spiro atoms. The highest BCUT2D eigenvalue weighted by atomic mass is 19.3. The van der Waals surface area contributed by atoms with Crippen molar-refractivity contribution in [2.24, 2.45) is 47.3 Å². The largest absolute Gasteiger partial charge is 0.458 e. The van der Waals surface area contributed by atoms with Crippen LogP contribution in [0.2, 0.25) is 0 Å². The lowest BCUT2D eigenvalue weighted by molar-refractivity contribution is -0.217. The first kappa shape index (κ1) is 20.8. The molecule has 176 valence electrons. The Kier molecular flexibility index (Phi) is 4.34. The summed E-state index contributed by atoms with van der Waals surface area (Å²) in [5.41, 5.74) is -0.479. The molecule has 9 unspecified atom stereocenters. The molecule has 0 aromatic heterocycles. The zero-order valence-corrected chi connectivity index (χ0v) is 18.4. The number of ether oxygens (including phenoxy) is 3. The summed E-state index contributed by atoms with van der Waals surface area (Å²) in [6, 6.07) is 0. The van der Waals surface area contributed by atoms with E-state index in [2.05, 4.69) is 6.92 Å². The molecule has 9 atom stereocenters. The molecule has 6 aliphatic carbocycles. The van der Waals surface area contributed by atoms with Crippen LogP contribution in [0, 0.1) is 47.3 Å². The Labute approximate surface area is 185 Å². The van der Waals surface area contributed by atoms with Gasteiger partial charge in [-0.15, -0.1) is 0 Å². The topological polar surface area (TPSA) is 78.9 Å². The van der Waals surface area contributed by atoms with Crippen LogP contribution in [0.5, 0.6) is 0 Å². The molecule has 0 aromatic rings. The van der Waals surface area contributed by atoms with Crippen molar-refractivity contribution in [3.63, 3.8) is 0 Å². The maximum atomic E-state index is 13.6. The summed E-state index contributed by atoms with van der Waals surface area (Å²) in [5, 5.41) is 0. The van der Waals surface area contributed by atoms with Crippen molar-refractivity contribution in [1.82, 2.24) is 0 Å².